The lowest BCUT2D eigenvalue weighted by molar-refractivity contribution is -0.274. The summed E-state index contributed by atoms with van der Waals surface area (Å²) in [5.74, 6) is -0.377. The fourth-order valence-electron chi connectivity index (χ4n) is 1.66. The van der Waals surface area contributed by atoms with Crippen LogP contribution in [0.1, 0.15) is 5.56 Å². The first-order chi connectivity index (χ1) is 8.99. The quantitative estimate of drug-likeness (QED) is 0.815. The highest BCUT2D eigenvalue weighted by molar-refractivity contribution is 5.85. The summed E-state index contributed by atoms with van der Waals surface area (Å²) in [7, 11) is 0. The predicted octanol–water partition coefficient (Wildman–Crippen LogP) is 4.55. The molecule has 0 aliphatic carbocycles. The Morgan fingerprint density at radius 2 is 1.65 bits per heavy atom. The van der Waals surface area contributed by atoms with Gasteiger partial charge in [-0.2, -0.15) is 5.26 Å². The van der Waals surface area contributed by atoms with Crippen LogP contribution < -0.4 is 4.74 Å². The molecule has 0 aromatic heterocycles. The Morgan fingerprint density at radius 1 is 1.00 bits per heavy atom. The highest BCUT2D eigenvalue weighted by Crippen LogP contribution is 2.34. The molecule has 104 valence electrons. The molecule has 2 aromatic rings. The van der Waals surface area contributed by atoms with E-state index in [1.807, 2.05) is 0 Å². The number of hydrogen-bond acceptors (Lipinski definition) is 2. The summed E-state index contributed by atoms with van der Waals surface area (Å²) in [4.78, 5) is 0. The number of ether oxygens (including phenoxy) is 1. The average Bonchev–Trinajstić information content (AvgIpc) is 2.38. The number of benzene rings is 2. The van der Waals surface area contributed by atoms with Crippen molar-refractivity contribution in [3.05, 3.63) is 54.1 Å². The maximum absolute atomic E-state index is 12.4. The lowest BCUT2D eigenvalue weighted by Crippen LogP contribution is -2.17. The third-order valence-electron chi connectivity index (χ3n) is 2.42. The first-order valence-corrected chi connectivity index (χ1v) is 5.35. The molecule has 0 spiro atoms. The molecule has 0 atom stereocenters. The standard InChI is InChI=1S/C14H8F3NO.ClH/c15-14(16,17)19-13-8-10(9-18)6-7-12(13)11-4-2-1-3-5-11;/h1-8H;1H. The van der Waals surface area contributed by atoms with Crippen LogP contribution in [-0.2, 0) is 0 Å². The highest BCUT2D eigenvalue weighted by atomic mass is 35.5. The molecule has 0 aliphatic heterocycles. The maximum atomic E-state index is 12.4. The van der Waals surface area contributed by atoms with E-state index in [0.717, 1.165) is 6.07 Å². The number of rotatable bonds is 2. The number of halogens is 4. The van der Waals surface area contributed by atoms with Crippen LogP contribution in [-0.4, -0.2) is 6.36 Å². The molecule has 2 rings (SSSR count). The minimum Gasteiger partial charge on any atom is -0.405 e. The molecule has 0 radical (unpaired) electrons. The van der Waals surface area contributed by atoms with Gasteiger partial charge in [-0.1, -0.05) is 30.3 Å². The van der Waals surface area contributed by atoms with Gasteiger partial charge >= 0.3 is 6.36 Å². The van der Waals surface area contributed by atoms with Crippen molar-refractivity contribution in [2.45, 2.75) is 6.36 Å². The Balaban J connectivity index is 0.00000200. The van der Waals surface area contributed by atoms with E-state index in [9.17, 15) is 13.2 Å². The molecule has 0 heterocycles. The summed E-state index contributed by atoms with van der Waals surface area (Å²) >= 11 is 0. The van der Waals surface area contributed by atoms with Gasteiger partial charge in [-0.25, -0.2) is 0 Å². The van der Waals surface area contributed by atoms with Crippen molar-refractivity contribution in [3.63, 3.8) is 0 Å². The predicted molar refractivity (Wildman–Crippen MR) is 70.5 cm³/mol. The summed E-state index contributed by atoms with van der Waals surface area (Å²) in [6, 6.07) is 14.3. The second-order valence-electron chi connectivity index (χ2n) is 3.74. The van der Waals surface area contributed by atoms with Gasteiger partial charge in [0, 0.05) is 5.56 Å². The third-order valence-corrected chi connectivity index (χ3v) is 2.42. The number of alkyl halides is 3. The molecular weight excluding hydrogens is 291 g/mol. The molecular formula is C14H9ClF3NO. The zero-order valence-corrected chi connectivity index (χ0v) is 10.8. The summed E-state index contributed by atoms with van der Waals surface area (Å²) in [6.45, 7) is 0. The van der Waals surface area contributed by atoms with Crippen molar-refractivity contribution in [2.24, 2.45) is 0 Å². The fraction of sp³-hybridized carbons (Fsp3) is 0.0714. The number of nitriles is 1. The second-order valence-corrected chi connectivity index (χ2v) is 3.74. The Bertz CT molecular complexity index is 621. The largest absolute Gasteiger partial charge is 0.573 e. The van der Waals surface area contributed by atoms with Gasteiger partial charge in [0.1, 0.15) is 5.75 Å². The highest BCUT2D eigenvalue weighted by Gasteiger charge is 2.32. The Morgan fingerprint density at radius 3 is 2.20 bits per heavy atom. The van der Waals surface area contributed by atoms with Crippen LogP contribution in [0.2, 0.25) is 0 Å². The average molecular weight is 300 g/mol. The van der Waals surface area contributed by atoms with Crippen LogP contribution >= 0.6 is 12.4 Å². The van der Waals surface area contributed by atoms with Crippen molar-refractivity contribution in [1.82, 2.24) is 0 Å². The second kappa shape index (κ2) is 6.31. The van der Waals surface area contributed by atoms with E-state index in [-0.39, 0.29) is 29.3 Å². The normalized spacial score (nSPS) is 10.3. The summed E-state index contributed by atoms with van der Waals surface area (Å²) in [5.41, 5.74) is 0.988. The van der Waals surface area contributed by atoms with E-state index >= 15 is 0 Å². The molecule has 0 saturated carbocycles. The van der Waals surface area contributed by atoms with Gasteiger partial charge in [-0.15, -0.1) is 25.6 Å². The zero-order chi connectivity index (χ0) is 13.9. The molecule has 0 unspecified atom stereocenters. The minimum atomic E-state index is -4.79. The van der Waals surface area contributed by atoms with Gasteiger partial charge in [0.2, 0.25) is 0 Å². The van der Waals surface area contributed by atoms with E-state index in [1.54, 1.807) is 36.4 Å². The van der Waals surface area contributed by atoms with Gasteiger partial charge < -0.3 is 4.74 Å². The molecule has 0 saturated heterocycles. The van der Waals surface area contributed by atoms with Crippen molar-refractivity contribution in [3.8, 4) is 22.9 Å². The molecule has 20 heavy (non-hydrogen) atoms. The SMILES string of the molecule is Cl.N#Cc1ccc(-c2ccccc2)c(OC(F)(F)F)c1. The summed E-state index contributed by atoms with van der Waals surface area (Å²) < 4.78 is 41.1. The van der Waals surface area contributed by atoms with Crippen LogP contribution in [0.3, 0.4) is 0 Å². The molecule has 2 aromatic carbocycles. The summed E-state index contributed by atoms with van der Waals surface area (Å²) in [5, 5.41) is 8.74. The van der Waals surface area contributed by atoms with Crippen molar-refractivity contribution < 1.29 is 17.9 Å². The lowest BCUT2D eigenvalue weighted by atomic mass is 10.0. The van der Waals surface area contributed by atoms with Crippen molar-refractivity contribution in [2.75, 3.05) is 0 Å². The topological polar surface area (TPSA) is 33.0 Å². The van der Waals surface area contributed by atoms with Crippen LogP contribution in [0.15, 0.2) is 48.5 Å². The van der Waals surface area contributed by atoms with E-state index in [0.29, 0.717) is 5.56 Å². The minimum absolute atomic E-state index is 0. The number of hydrogen-bond donors (Lipinski definition) is 0. The first-order valence-electron chi connectivity index (χ1n) is 5.35. The zero-order valence-electron chi connectivity index (χ0n) is 10.0. The Kier molecular flexibility index (Phi) is 5.00. The van der Waals surface area contributed by atoms with Gasteiger partial charge in [0.15, 0.2) is 0 Å². The van der Waals surface area contributed by atoms with Gasteiger partial charge in [0.05, 0.1) is 11.6 Å². The Hall–Kier alpha value is -2.19. The molecule has 0 aliphatic rings. The smallest absolute Gasteiger partial charge is 0.405 e. The Labute approximate surface area is 119 Å². The van der Waals surface area contributed by atoms with Crippen molar-refractivity contribution in [1.29, 1.82) is 5.26 Å². The van der Waals surface area contributed by atoms with Crippen molar-refractivity contribution >= 4 is 12.4 Å². The molecule has 0 N–H and O–H groups in total. The van der Waals surface area contributed by atoms with Crippen LogP contribution in [0, 0.1) is 11.3 Å². The first kappa shape index (κ1) is 15.9. The van der Waals surface area contributed by atoms with E-state index in [4.69, 9.17) is 5.26 Å². The van der Waals surface area contributed by atoms with E-state index in [2.05, 4.69) is 4.74 Å². The van der Waals surface area contributed by atoms with Crippen LogP contribution in [0.5, 0.6) is 5.75 Å². The monoisotopic (exact) mass is 299 g/mol. The van der Waals surface area contributed by atoms with Gasteiger partial charge in [0.25, 0.3) is 0 Å². The molecule has 6 heteroatoms. The van der Waals surface area contributed by atoms with E-state index in [1.165, 1.54) is 12.1 Å². The van der Waals surface area contributed by atoms with Crippen LogP contribution in [0.25, 0.3) is 11.1 Å². The molecule has 2 nitrogen and oxygen atoms in total. The fourth-order valence-corrected chi connectivity index (χ4v) is 1.66. The summed E-state index contributed by atoms with van der Waals surface area (Å²) in [6.07, 6.45) is -4.79. The van der Waals surface area contributed by atoms with Gasteiger partial charge in [-0.05, 0) is 23.8 Å². The van der Waals surface area contributed by atoms with Gasteiger partial charge in [-0.3, -0.25) is 0 Å². The number of nitrogens with zero attached hydrogens (tertiary/aromatic N) is 1. The molecule has 0 amide bonds. The van der Waals surface area contributed by atoms with E-state index < -0.39 is 6.36 Å². The van der Waals surface area contributed by atoms with Crippen LogP contribution in [0.4, 0.5) is 13.2 Å². The maximum Gasteiger partial charge on any atom is 0.573 e. The third kappa shape index (κ3) is 3.90. The lowest BCUT2D eigenvalue weighted by Gasteiger charge is -2.13. The molecule has 0 bridgehead atoms. The molecule has 0 fully saturated rings.